The third-order valence-electron chi connectivity index (χ3n) is 4.21. The summed E-state index contributed by atoms with van der Waals surface area (Å²) >= 11 is 13.8. The fraction of sp³-hybridized carbons (Fsp3) is 0.130. The molecule has 3 rings (SSSR count). The molecule has 0 fully saturated rings. The first-order valence-electron chi connectivity index (χ1n) is 9.33. The summed E-state index contributed by atoms with van der Waals surface area (Å²) in [5, 5.41) is 9.59. The van der Waals surface area contributed by atoms with Gasteiger partial charge in [-0.15, -0.1) is 5.10 Å². The van der Waals surface area contributed by atoms with Crippen molar-refractivity contribution in [1.29, 1.82) is 0 Å². The van der Waals surface area contributed by atoms with Gasteiger partial charge < -0.3 is 15.2 Å². The lowest BCUT2D eigenvalue weighted by Crippen LogP contribution is -2.06. The molecule has 5 nitrogen and oxygen atoms in total. The van der Waals surface area contributed by atoms with E-state index in [-0.39, 0.29) is 6.61 Å². The zero-order valence-electron chi connectivity index (χ0n) is 16.8. The van der Waals surface area contributed by atoms with Gasteiger partial charge in [-0.25, -0.2) is 0 Å². The molecule has 0 aliphatic heterocycles. The average Bonchev–Trinajstić information content (AvgIpc) is 2.78. The van der Waals surface area contributed by atoms with Gasteiger partial charge in [-0.3, -0.25) is 0 Å². The van der Waals surface area contributed by atoms with Gasteiger partial charge in [-0.05, 0) is 41.5 Å². The molecule has 3 aromatic carbocycles. The van der Waals surface area contributed by atoms with Crippen molar-refractivity contribution in [3.05, 3.63) is 93.5 Å². The minimum atomic E-state index is 0.224. The molecule has 0 aromatic heterocycles. The Bertz CT molecular complexity index is 1060. The van der Waals surface area contributed by atoms with E-state index in [1.165, 1.54) is 17.3 Å². The van der Waals surface area contributed by atoms with Crippen molar-refractivity contribution in [3.8, 4) is 11.5 Å². The highest BCUT2D eigenvalue weighted by Gasteiger charge is 2.10. The summed E-state index contributed by atoms with van der Waals surface area (Å²) in [5.74, 6) is 1.86. The van der Waals surface area contributed by atoms with Gasteiger partial charge in [0.05, 0.1) is 13.3 Å². The Labute approximate surface area is 195 Å². The number of hydrogen-bond acceptors (Lipinski definition) is 5. The molecule has 3 aromatic rings. The van der Waals surface area contributed by atoms with E-state index in [9.17, 15) is 0 Å². The largest absolute Gasteiger partial charge is 0.493 e. The Balaban J connectivity index is 1.61. The van der Waals surface area contributed by atoms with Crippen molar-refractivity contribution in [2.45, 2.75) is 12.4 Å². The molecule has 31 heavy (non-hydrogen) atoms. The smallest absolute Gasteiger partial charge is 0.180 e. The lowest BCUT2D eigenvalue weighted by Gasteiger charge is -2.13. The first kappa shape index (κ1) is 23.0. The van der Waals surface area contributed by atoms with Crippen LogP contribution in [0.5, 0.6) is 11.5 Å². The molecular weight excluding hydrogens is 453 g/mol. The maximum absolute atomic E-state index is 6.20. The summed E-state index contributed by atoms with van der Waals surface area (Å²) in [6, 6.07) is 20.8. The highest BCUT2D eigenvalue weighted by Crippen LogP contribution is 2.31. The number of nitrogens with zero attached hydrogens (tertiary/aromatic N) is 2. The van der Waals surface area contributed by atoms with Crippen molar-refractivity contribution in [2.75, 3.05) is 7.11 Å². The monoisotopic (exact) mass is 473 g/mol. The van der Waals surface area contributed by atoms with E-state index >= 15 is 0 Å². The number of thioether (sulfide) groups is 1. The maximum Gasteiger partial charge on any atom is 0.180 e. The molecule has 0 saturated heterocycles. The molecule has 0 bridgehead atoms. The normalized spacial score (nSPS) is 11.6. The zero-order chi connectivity index (χ0) is 22.1. The molecule has 0 amide bonds. The van der Waals surface area contributed by atoms with E-state index in [2.05, 4.69) is 10.2 Å². The molecule has 0 radical (unpaired) electrons. The third kappa shape index (κ3) is 6.92. The van der Waals surface area contributed by atoms with Crippen LogP contribution in [0.25, 0.3) is 0 Å². The number of hydrogen-bond donors (Lipinski definition) is 1. The molecule has 160 valence electrons. The van der Waals surface area contributed by atoms with Crippen LogP contribution in [-0.4, -0.2) is 18.5 Å². The fourth-order valence-electron chi connectivity index (χ4n) is 2.62. The summed E-state index contributed by atoms with van der Waals surface area (Å²) in [6.07, 6.45) is 1.60. The topological polar surface area (TPSA) is 69.2 Å². The number of halogens is 2. The van der Waals surface area contributed by atoms with E-state index in [4.69, 9.17) is 38.4 Å². The first-order chi connectivity index (χ1) is 15.1. The Morgan fingerprint density at radius 1 is 1.00 bits per heavy atom. The third-order valence-corrected chi connectivity index (χ3v) is 5.78. The molecule has 0 unspecified atom stereocenters. The second-order valence-corrected chi connectivity index (χ2v) is 8.17. The van der Waals surface area contributed by atoms with E-state index in [0.717, 1.165) is 16.9 Å². The maximum atomic E-state index is 6.20. The van der Waals surface area contributed by atoms with Crippen LogP contribution in [0.1, 0.15) is 16.7 Å². The van der Waals surface area contributed by atoms with E-state index in [1.807, 2.05) is 36.4 Å². The molecule has 0 spiro atoms. The second-order valence-electron chi connectivity index (χ2n) is 6.36. The van der Waals surface area contributed by atoms with Gasteiger partial charge in [0.15, 0.2) is 16.7 Å². The minimum Gasteiger partial charge on any atom is -0.493 e. The van der Waals surface area contributed by atoms with Crippen LogP contribution in [0.2, 0.25) is 10.0 Å². The van der Waals surface area contributed by atoms with Gasteiger partial charge >= 0.3 is 0 Å². The van der Waals surface area contributed by atoms with Gasteiger partial charge in [0.25, 0.3) is 0 Å². The molecule has 0 saturated carbocycles. The number of ether oxygens (including phenoxy) is 2. The molecule has 0 aliphatic rings. The van der Waals surface area contributed by atoms with Gasteiger partial charge in [-0.2, -0.15) is 5.10 Å². The number of nitrogens with two attached hydrogens (primary N) is 1. The number of rotatable bonds is 8. The average molecular weight is 474 g/mol. The Morgan fingerprint density at radius 3 is 2.45 bits per heavy atom. The minimum absolute atomic E-state index is 0.224. The van der Waals surface area contributed by atoms with E-state index in [0.29, 0.717) is 26.7 Å². The van der Waals surface area contributed by atoms with Gasteiger partial charge in [-0.1, -0.05) is 71.4 Å². The predicted molar refractivity (Wildman–Crippen MR) is 131 cm³/mol. The number of benzene rings is 3. The van der Waals surface area contributed by atoms with Gasteiger partial charge in [0.2, 0.25) is 0 Å². The van der Waals surface area contributed by atoms with Crippen molar-refractivity contribution in [1.82, 2.24) is 0 Å². The number of amidine groups is 1. The van der Waals surface area contributed by atoms with Crippen LogP contribution in [0.15, 0.2) is 76.9 Å². The second kappa shape index (κ2) is 11.6. The summed E-state index contributed by atoms with van der Waals surface area (Å²) < 4.78 is 11.3. The van der Waals surface area contributed by atoms with Gasteiger partial charge in [0, 0.05) is 21.4 Å². The molecule has 2 N–H and O–H groups in total. The zero-order valence-corrected chi connectivity index (χ0v) is 19.1. The summed E-state index contributed by atoms with van der Waals surface area (Å²) in [5.41, 5.74) is 8.61. The molecule has 0 atom stereocenters. The summed E-state index contributed by atoms with van der Waals surface area (Å²) in [4.78, 5) is 0. The fourth-order valence-corrected chi connectivity index (χ4v) is 3.74. The Hall–Kier alpha value is -2.67. The number of methoxy groups -OCH3 is 1. The lowest BCUT2D eigenvalue weighted by molar-refractivity contribution is 0.284. The quantitative estimate of drug-likeness (QED) is 0.241. The van der Waals surface area contributed by atoms with E-state index < -0.39 is 0 Å². The SMILES string of the molecule is COc1cc(C=NN=C(N)SCc2ccccc2)ccc1OCc1c(Cl)cccc1Cl. The van der Waals surface area contributed by atoms with Crippen molar-refractivity contribution >= 4 is 46.3 Å². The van der Waals surface area contributed by atoms with Gasteiger partial charge in [0.1, 0.15) is 6.61 Å². The van der Waals surface area contributed by atoms with Crippen LogP contribution in [0.4, 0.5) is 0 Å². The van der Waals surface area contributed by atoms with Crippen LogP contribution in [0.3, 0.4) is 0 Å². The highest BCUT2D eigenvalue weighted by atomic mass is 35.5. The highest BCUT2D eigenvalue weighted by molar-refractivity contribution is 8.13. The molecular formula is C23H21Cl2N3O2S. The van der Waals surface area contributed by atoms with Crippen molar-refractivity contribution in [3.63, 3.8) is 0 Å². The standard InChI is InChI=1S/C23H21Cl2N3O2S/c1-29-22-12-17(13-27-28-23(26)31-15-16-6-3-2-4-7-16)10-11-21(22)30-14-18-19(24)8-5-9-20(18)25/h2-13H,14-15H2,1H3,(H2,26,28). The lowest BCUT2D eigenvalue weighted by atomic mass is 10.2. The summed E-state index contributed by atoms with van der Waals surface area (Å²) in [6.45, 7) is 0.224. The van der Waals surface area contributed by atoms with E-state index in [1.54, 1.807) is 43.7 Å². The van der Waals surface area contributed by atoms with Crippen LogP contribution < -0.4 is 15.2 Å². The molecule has 0 aliphatic carbocycles. The molecule has 8 heteroatoms. The molecule has 0 heterocycles. The predicted octanol–water partition coefficient (Wildman–Crippen LogP) is 6.16. The Morgan fingerprint density at radius 2 is 1.74 bits per heavy atom. The van der Waals surface area contributed by atoms with Crippen molar-refractivity contribution in [2.24, 2.45) is 15.9 Å². The van der Waals surface area contributed by atoms with Crippen LogP contribution in [0, 0.1) is 0 Å². The van der Waals surface area contributed by atoms with Crippen molar-refractivity contribution < 1.29 is 9.47 Å². The van der Waals surface area contributed by atoms with Crippen LogP contribution >= 0.6 is 35.0 Å². The first-order valence-corrected chi connectivity index (χ1v) is 11.1. The van der Waals surface area contributed by atoms with Crippen LogP contribution in [-0.2, 0) is 12.4 Å². The Kier molecular flexibility index (Phi) is 8.64. The summed E-state index contributed by atoms with van der Waals surface area (Å²) in [7, 11) is 1.57.